The summed E-state index contributed by atoms with van der Waals surface area (Å²) in [6.07, 6.45) is 0. The Balaban J connectivity index is 3.00. The van der Waals surface area contributed by atoms with E-state index in [0.717, 1.165) is 22.3 Å². The number of hydrogen-bond acceptors (Lipinski definition) is 6. The van der Waals surface area contributed by atoms with Gasteiger partial charge in [0, 0.05) is 25.4 Å². The molecule has 9 nitrogen and oxygen atoms in total. The molecule has 1 aromatic rings. The average molecular weight is 363 g/mol. The summed E-state index contributed by atoms with van der Waals surface area (Å²) >= 11 is 0.773. The second kappa shape index (κ2) is 7.53. The van der Waals surface area contributed by atoms with Gasteiger partial charge in [-0.1, -0.05) is 0 Å². The third-order valence-corrected chi connectivity index (χ3v) is 5.30. The minimum Gasteiger partial charge on any atom is -0.480 e. The fourth-order valence-corrected chi connectivity index (χ4v) is 3.28. The van der Waals surface area contributed by atoms with E-state index in [1.165, 1.54) is 19.2 Å². The standard InChI is InChI=1S/C12H17N3O6S2/c1-7(12(18)19)15(4-3-14-8(2)16)11(17)9-5-10(22-6-9)23(13,20)21/h5-7H,3-4H2,1-2H3,(H,14,16)(H,18,19)(H2,13,20,21). The number of nitrogens with zero attached hydrogens (tertiary/aromatic N) is 1. The van der Waals surface area contributed by atoms with Gasteiger partial charge in [-0.25, -0.2) is 18.4 Å². The molecule has 0 bridgehead atoms. The summed E-state index contributed by atoms with van der Waals surface area (Å²) in [5.41, 5.74) is 0.0231. The van der Waals surface area contributed by atoms with Crippen LogP contribution < -0.4 is 10.5 Å². The molecule has 0 aliphatic rings. The summed E-state index contributed by atoms with van der Waals surface area (Å²) in [5.74, 6) is -2.19. The Morgan fingerprint density at radius 2 is 2.04 bits per heavy atom. The van der Waals surface area contributed by atoms with Crippen molar-refractivity contribution < 1.29 is 27.9 Å². The molecule has 1 rings (SSSR count). The molecule has 0 radical (unpaired) electrons. The highest BCUT2D eigenvalue weighted by Gasteiger charge is 2.27. The molecule has 1 aromatic heterocycles. The number of carbonyl (C=O) groups is 3. The van der Waals surface area contributed by atoms with Gasteiger partial charge in [-0.05, 0) is 13.0 Å². The molecule has 0 spiro atoms. The van der Waals surface area contributed by atoms with Gasteiger partial charge >= 0.3 is 5.97 Å². The maximum Gasteiger partial charge on any atom is 0.326 e. The van der Waals surface area contributed by atoms with Gasteiger partial charge in [0.05, 0.1) is 5.56 Å². The molecular weight excluding hydrogens is 346 g/mol. The molecule has 0 aromatic carbocycles. The molecule has 0 saturated heterocycles. The number of thiophene rings is 1. The number of rotatable bonds is 7. The topological polar surface area (TPSA) is 147 Å². The molecule has 0 fully saturated rings. The summed E-state index contributed by atoms with van der Waals surface area (Å²) in [7, 11) is -3.93. The number of hydrogen-bond donors (Lipinski definition) is 3. The van der Waals surface area contributed by atoms with Crippen molar-refractivity contribution in [3.8, 4) is 0 Å². The lowest BCUT2D eigenvalue weighted by Crippen LogP contribution is -2.46. The Labute approximate surface area is 137 Å². The maximum atomic E-state index is 12.4. The Morgan fingerprint density at radius 1 is 1.43 bits per heavy atom. The molecular formula is C12H17N3O6S2. The zero-order chi connectivity index (χ0) is 17.8. The molecule has 1 unspecified atom stereocenters. The first kappa shape index (κ1) is 19.1. The molecule has 0 aliphatic carbocycles. The minimum absolute atomic E-state index is 0.0231. The number of nitrogens with one attached hydrogen (secondary N) is 1. The van der Waals surface area contributed by atoms with E-state index in [2.05, 4.69) is 5.32 Å². The predicted octanol–water partition coefficient (Wildman–Crippen LogP) is -0.553. The number of carboxylic acid groups (broad SMARTS) is 1. The summed E-state index contributed by atoms with van der Waals surface area (Å²) in [6.45, 7) is 2.66. The third kappa shape index (κ3) is 5.30. The number of sulfonamides is 1. The number of carbonyl (C=O) groups excluding carboxylic acids is 2. The quantitative estimate of drug-likeness (QED) is 0.592. The van der Waals surface area contributed by atoms with E-state index in [1.807, 2.05) is 0 Å². The van der Waals surface area contributed by atoms with Gasteiger partial charge in [-0.2, -0.15) is 0 Å². The molecule has 4 N–H and O–H groups in total. The normalized spacial score (nSPS) is 12.5. The zero-order valence-corrected chi connectivity index (χ0v) is 14.1. The second-order valence-electron chi connectivity index (χ2n) is 4.70. The van der Waals surface area contributed by atoms with Crippen molar-refractivity contribution in [1.82, 2.24) is 10.2 Å². The fourth-order valence-electron chi connectivity index (χ4n) is 1.70. The summed E-state index contributed by atoms with van der Waals surface area (Å²) in [5, 5.41) is 17.8. The predicted molar refractivity (Wildman–Crippen MR) is 82.5 cm³/mol. The summed E-state index contributed by atoms with van der Waals surface area (Å²) in [4.78, 5) is 35.5. The maximum absolute atomic E-state index is 12.4. The van der Waals surface area contributed by atoms with Gasteiger partial charge in [0.25, 0.3) is 5.91 Å². The molecule has 2 amide bonds. The zero-order valence-electron chi connectivity index (χ0n) is 12.5. The number of amides is 2. The van der Waals surface area contributed by atoms with Crippen LogP contribution in [0.3, 0.4) is 0 Å². The van der Waals surface area contributed by atoms with Crippen molar-refractivity contribution in [2.45, 2.75) is 24.1 Å². The lowest BCUT2D eigenvalue weighted by atomic mass is 10.2. The van der Waals surface area contributed by atoms with E-state index in [-0.39, 0.29) is 28.8 Å². The van der Waals surface area contributed by atoms with Crippen LogP contribution in [0, 0.1) is 0 Å². The average Bonchev–Trinajstić information content (AvgIpc) is 2.91. The van der Waals surface area contributed by atoms with E-state index in [0.29, 0.717) is 0 Å². The van der Waals surface area contributed by atoms with Crippen LogP contribution in [0.4, 0.5) is 0 Å². The Kier molecular flexibility index (Phi) is 6.24. The monoisotopic (exact) mass is 363 g/mol. The van der Waals surface area contributed by atoms with Crippen molar-refractivity contribution in [3.05, 3.63) is 17.0 Å². The third-order valence-electron chi connectivity index (χ3n) is 2.92. The number of aliphatic carboxylic acids is 1. The fraction of sp³-hybridized carbons (Fsp3) is 0.417. The first-order chi connectivity index (χ1) is 10.5. The SMILES string of the molecule is CC(=O)NCCN(C(=O)c1csc(S(N)(=O)=O)c1)C(C)C(=O)O. The lowest BCUT2D eigenvalue weighted by Gasteiger charge is -2.26. The van der Waals surface area contributed by atoms with Crippen molar-refractivity contribution in [2.24, 2.45) is 5.14 Å². The Hall–Kier alpha value is -1.98. The van der Waals surface area contributed by atoms with Gasteiger partial charge in [0.1, 0.15) is 10.3 Å². The molecule has 1 heterocycles. The lowest BCUT2D eigenvalue weighted by molar-refractivity contribution is -0.141. The molecule has 1 atom stereocenters. The van der Waals surface area contributed by atoms with Crippen LogP contribution in [-0.2, 0) is 19.6 Å². The summed E-state index contributed by atoms with van der Waals surface area (Å²) in [6, 6.07) is -0.0448. The number of primary sulfonamides is 1. The van der Waals surface area contributed by atoms with Gasteiger partial charge in [0.2, 0.25) is 15.9 Å². The molecule has 23 heavy (non-hydrogen) atoms. The van der Waals surface area contributed by atoms with E-state index in [9.17, 15) is 22.8 Å². The number of carboxylic acids is 1. The van der Waals surface area contributed by atoms with Crippen LogP contribution in [0.5, 0.6) is 0 Å². The molecule has 0 saturated carbocycles. The van der Waals surface area contributed by atoms with Crippen LogP contribution in [0.2, 0.25) is 0 Å². The van der Waals surface area contributed by atoms with Crippen LogP contribution in [0.25, 0.3) is 0 Å². The van der Waals surface area contributed by atoms with Crippen LogP contribution >= 0.6 is 11.3 Å². The van der Waals surface area contributed by atoms with Crippen molar-refractivity contribution in [2.75, 3.05) is 13.1 Å². The van der Waals surface area contributed by atoms with E-state index >= 15 is 0 Å². The van der Waals surface area contributed by atoms with Crippen LogP contribution in [-0.4, -0.2) is 55.3 Å². The van der Waals surface area contributed by atoms with Crippen molar-refractivity contribution in [3.63, 3.8) is 0 Å². The number of nitrogens with two attached hydrogens (primary N) is 1. The minimum atomic E-state index is -3.93. The smallest absolute Gasteiger partial charge is 0.326 e. The highest BCUT2D eigenvalue weighted by molar-refractivity contribution is 7.91. The molecule has 0 aliphatic heterocycles. The van der Waals surface area contributed by atoms with Crippen molar-refractivity contribution >= 4 is 39.1 Å². The largest absolute Gasteiger partial charge is 0.480 e. The Morgan fingerprint density at radius 3 is 2.48 bits per heavy atom. The molecule has 128 valence electrons. The Bertz CT molecular complexity index is 712. The van der Waals surface area contributed by atoms with Gasteiger partial charge in [0.15, 0.2) is 0 Å². The first-order valence-electron chi connectivity index (χ1n) is 6.43. The van der Waals surface area contributed by atoms with E-state index < -0.39 is 27.9 Å². The van der Waals surface area contributed by atoms with E-state index in [1.54, 1.807) is 0 Å². The van der Waals surface area contributed by atoms with Crippen molar-refractivity contribution in [1.29, 1.82) is 0 Å². The van der Waals surface area contributed by atoms with Crippen LogP contribution in [0.15, 0.2) is 15.7 Å². The highest BCUT2D eigenvalue weighted by Crippen LogP contribution is 2.20. The van der Waals surface area contributed by atoms with Crippen LogP contribution in [0.1, 0.15) is 24.2 Å². The first-order valence-corrected chi connectivity index (χ1v) is 8.86. The second-order valence-corrected chi connectivity index (χ2v) is 7.39. The highest BCUT2D eigenvalue weighted by atomic mass is 32.2. The summed E-state index contributed by atoms with van der Waals surface area (Å²) < 4.78 is 22.3. The molecule has 11 heteroatoms. The van der Waals surface area contributed by atoms with Gasteiger partial charge < -0.3 is 15.3 Å². The van der Waals surface area contributed by atoms with Gasteiger partial charge in [-0.15, -0.1) is 11.3 Å². The van der Waals surface area contributed by atoms with E-state index in [4.69, 9.17) is 10.2 Å². The van der Waals surface area contributed by atoms with Gasteiger partial charge in [-0.3, -0.25) is 9.59 Å².